The van der Waals surface area contributed by atoms with Crippen LogP contribution in [0.4, 0.5) is 0 Å². The van der Waals surface area contributed by atoms with Crippen LogP contribution in [-0.4, -0.2) is 24.1 Å². The predicted octanol–water partition coefficient (Wildman–Crippen LogP) is 4.05. The number of aromatic nitrogens is 1. The van der Waals surface area contributed by atoms with Gasteiger partial charge in [-0.05, 0) is 23.3 Å². The van der Waals surface area contributed by atoms with Gasteiger partial charge < -0.3 is 15.2 Å². The molecule has 2 rings (SSSR count). The molecule has 24 heavy (non-hydrogen) atoms. The largest absolute Gasteiger partial charge is 0.357 e. The Balaban J connectivity index is 0.00000288. The molecule has 0 aliphatic rings. The van der Waals surface area contributed by atoms with Crippen molar-refractivity contribution in [1.29, 1.82) is 0 Å². The third kappa shape index (κ3) is 5.81. The molecule has 4 nitrogen and oxygen atoms in total. The zero-order valence-electron chi connectivity index (χ0n) is 14.6. The van der Waals surface area contributed by atoms with Crippen LogP contribution < -0.4 is 10.6 Å². The Morgan fingerprint density at radius 1 is 1.21 bits per heavy atom. The highest BCUT2D eigenvalue weighted by Crippen LogP contribution is 2.29. The molecule has 6 heteroatoms. The number of rotatable bonds is 5. The molecule has 0 amide bonds. The zero-order chi connectivity index (χ0) is 16.9. The van der Waals surface area contributed by atoms with Gasteiger partial charge >= 0.3 is 0 Å². The van der Waals surface area contributed by atoms with Crippen LogP contribution in [0, 0.1) is 0 Å². The molecule has 0 spiro atoms. The molecule has 0 aliphatic carbocycles. The summed E-state index contributed by atoms with van der Waals surface area (Å²) in [6.45, 7) is 6.01. The van der Waals surface area contributed by atoms with Gasteiger partial charge in [0.25, 0.3) is 0 Å². The van der Waals surface area contributed by atoms with Crippen molar-refractivity contribution in [2.24, 2.45) is 12.0 Å². The maximum Gasteiger partial charge on any atom is 0.191 e. The van der Waals surface area contributed by atoms with Gasteiger partial charge in [-0.2, -0.15) is 0 Å². The van der Waals surface area contributed by atoms with Gasteiger partial charge in [0.15, 0.2) is 5.96 Å². The van der Waals surface area contributed by atoms with E-state index in [1.807, 2.05) is 23.9 Å². The molecule has 1 aromatic heterocycles. The second kappa shape index (κ2) is 9.46. The fourth-order valence-corrected chi connectivity index (χ4v) is 3.30. The average Bonchev–Trinajstić information content (AvgIpc) is 2.93. The van der Waals surface area contributed by atoms with Crippen LogP contribution in [0.3, 0.4) is 0 Å². The summed E-state index contributed by atoms with van der Waals surface area (Å²) in [5.41, 5.74) is 2.51. The SMILES string of the molecule is CN=C(NCc1ccn(C)c1)NCC(C)(C)c1ccccc1Br.I. The molecule has 2 N–H and O–H groups in total. The maximum atomic E-state index is 4.30. The topological polar surface area (TPSA) is 41.4 Å². The Kier molecular flexibility index (Phi) is 8.29. The van der Waals surface area contributed by atoms with E-state index >= 15 is 0 Å². The van der Waals surface area contributed by atoms with Crippen molar-refractivity contribution in [2.45, 2.75) is 25.8 Å². The van der Waals surface area contributed by atoms with E-state index in [4.69, 9.17) is 0 Å². The normalized spacial score (nSPS) is 11.8. The van der Waals surface area contributed by atoms with E-state index in [-0.39, 0.29) is 29.4 Å². The minimum absolute atomic E-state index is 0. The number of aryl methyl sites for hydroxylation is 1. The number of hydrogen-bond donors (Lipinski definition) is 2. The van der Waals surface area contributed by atoms with Crippen molar-refractivity contribution in [3.05, 3.63) is 58.3 Å². The van der Waals surface area contributed by atoms with Gasteiger partial charge in [-0.1, -0.05) is 48.0 Å². The molecule has 0 saturated heterocycles. The summed E-state index contributed by atoms with van der Waals surface area (Å²) >= 11 is 3.64. The number of guanidine groups is 1. The molecule has 2 aromatic rings. The Labute approximate surface area is 170 Å². The van der Waals surface area contributed by atoms with E-state index in [0.717, 1.165) is 23.5 Å². The van der Waals surface area contributed by atoms with Crippen molar-refractivity contribution in [3.63, 3.8) is 0 Å². The second-order valence-corrected chi connectivity index (χ2v) is 7.18. The van der Waals surface area contributed by atoms with Crippen molar-refractivity contribution in [2.75, 3.05) is 13.6 Å². The Morgan fingerprint density at radius 2 is 1.92 bits per heavy atom. The quantitative estimate of drug-likeness (QED) is 0.366. The molecular formula is C18H26BrIN4. The number of halogens is 2. The van der Waals surface area contributed by atoms with Gasteiger partial charge in [-0.15, -0.1) is 24.0 Å². The van der Waals surface area contributed by atoms with Crippen LogP contribution in [0.5, 0.6) is 0 Å². The standard InChI is InChI=1S/C18H25BrN4.HI/c1-18(2,15-7-5-6-8-16(15)19)13-22-17(20-3)21-11-14-9-10-23(4)12-14;/h5-10,12H,11,13H2,1-4H3,(H2,20,21,22);1H. The van der Waals surface area contributed by atoms with Gasteiger partial charge in [0.1, 0.15) is 0 Å². The van der Waals surface area contributed by atoms with E-state index in [2.05, 4.69) is 75.9 Å². The molecule has 1 heterocycles. The molecule has 1 aromatic carbocycles. The van der Waals surface area contributed by atoms with Crippen LogP contribution in [0.15, 0.2) is 52.2 Å². The highest BCUT2D eigenvalue weighted by molar-refractivity contribution is 14.0. The van der Waals surface area contributed by atoms with Gasteiger partial charge in [0.05, 0.1) is 0 Å². The van der Waals surface area contributed by atoms with E-state index in [9.17, 15) is 0 Å². The zero-order valence-corrected chi connectivity index (χ0v) is 18.6. The summed E-state index contributed by atoms with van der Waals surface area (Å²) in [7, 11) is 3.82. The highest BCUT2D eigenvalue weighted by atomic mass is 127. The smallest absolute Gasteiger partial charge is 0.191 e. The average molecular weight is 505 g/mol. The predicted molar refractivity (Wildman–Crippen MR) is 116 cm³/mol. The molecule has 0 fully saturated rings. The molecule has 132 valence electrons. The lowest BCUT2D eigenvalue weighted by atomic mass is 9.84. The van der Waals surface area contributed by atoms with Crippen LogP contribution in [0.25, 0.3) is 0 Å². The Bertz CT molecular complexity index is 679. The van der Waals surface area contributed by atoms with Gasteiger partial charge in [-0.25, -0.2) is 0 Å². The third-order valence-corrected chi connectivity index (χ3v) is 4.57. The lowest BCUT2D eigenvalue weighted by Gasteiger charge is -2.27. The van der Waals surface area contributed by atoms with Crippen LogP contribution in [0.2, 0.25) is 0 Å². The highest BCUT2D eigenvalue weighted by Gasteiger charge is 2.23. The summed E-state index contributed by atoms with van der Waals surface area (Å²) in [6.07, 6.45) is 4.15. The number of nitrogens with one attached hydrogen (secondary N) is 2. The number of benzene rings is 1. The lowest BCUT2D eigenvalue weighted by Crippen LogP contribution is -2.43. The molecule has 0 atom stereocenters. The minimum atomic E-state index is -0.00946. The first-order valence-corrected chi connectivity index (χ1v) is 8.52. The monoisotopic (exact) mass is 504 g/mol. The van der Waals surface area contributed by atoms with Crippen molar-refractivity contribution in [3.8, 4) is 0 Å². The molecule has 0 saturated carbocycles. The first-order chi connectivity index (χ1) is 10.9. The summed E-state index contributed by atoms with van der Waals surface area (Å²) in [5, 5.41) is 6.78. The van der Waals surface area contributed by atoms with Gasteiger partial charge in [0.2, 0.25) is 0 Å². The molecular weight excluding hydrogens is 479 g/mol. The van der Waals surface area contributed by atoms with Gasteiger partial charge in [0, 0.05) is 49.5 Å². The van der Waals surface area contributed by atoms with E-state index < -0.39 is 0 Å². The van der Waals surface area contributed by atoms with Crippen molar-refractivity contribution in [1.82, 2.24) is 15.2 Å². The first-order valence-electron chi connectivity index (χ1n) is 7.73. The second-order valence-electron chi connectivity index (χ2n) is 6.33. The fraction of sp³-hybridized carbons (Fsp3) is 0.389. The van der Waals surface area contributed by atoms with E-state index in [0.29, 0.717) is 0 Å². The summed E-state index contributed by atoms with van der Waals surface area (Å²) in [6, 6.07) is 10.5. The molecule has 0 bridgehead atoms. The number of hydrogen-bond acceptors (Lipinski definition) is 1. The molecule has 0 aliphatic heterocycles. The van der Waals surface area contributed by atoms with E-state index in [1.54, 1.807) is 7.05 Å². The number of nitrogens with zero attached hydrogens (tertiary/aromatic N) is 2. The summed E-state index contributed by atoms with van der Waals surface area (Å²) < 4.78 is 3.18. The lowest BCUT2D eigenvalue weighted by molar-refractivity contribution is 0.506. The van der Waals surface area contributed by atoms with E-state index in [1.165, 1.54) is 11.1 Å². The van der Waals surface area contributed by atoms with Crippen LogP contribution in [-0.2, 0) is 19.0 Å². The first kappa shape index (κ1) is 21.0. The fourth-order valence-electron chi connectivity index (χ4n) is 2.48. The van der Waals surface area contributed by atoms with Crippen molar-refractivity contribution < 1.29 is 0 Å². The Morgan fingerprint density at radius 3 is 2.50 bits per heavy atom. The third-order valence-electron chi connectivity index (χ3n) is 3.88. The van der Waals surface area contributed by atoms with Crippen LogP contribution in [0.1, 0.15) is 25.0 Å². The number of aliphatic imine (C=N–C) groups is 1. The van der Waals surface area contributed by atoms with Crippen LogP contribution >= 0.6 is 39.9 Å². The van der Waals surface area contributed by atoms with Crippen molar-refractivity contribution >= 4 is 45.9 Å². The summed E-state index contributed by atoms with van der Waals surface area (Å²) in [4.78, 5) is 4.30. The molecule has 0 radical (unpaired) electrons. The molecule has 0 unspecified atom stereocenters. The van der Waals surface area contributed by atoms with Gasteiger partial charge in [-0.3, -0.25) is 4.99 Å². The Hall–Kier alpha value is -1.02. The maximum absolute atomic E-state index is 4.30. The minimum Gasteiger partial charge on any atom is -0.357 e. The summed E-state index contributed by atoms with van der Waals surface area (Å²) in [5.74, 6) is 0.814.